The fraction of sp³-hybridized carbons (Fsp3) is 0.0952. The van der Waals surface area contributed by atoms with Gasteiger partial charge in [0.2, 0.25) is 5.78 Å². The normalized spacial score (nSPS) is 11.5. The maximum absolute atomic E-state index is 13.1. The maximum atomic E-state index is 13.1. The average Bonchev–Trinajstić information content (AvgIpc) is 3.37. The van der Waals surface area contributed by atoms with Crippen LogP contribution >= 0.6 is 34.7 Å². The van der Waals surface area contributed by atoms with Crippen molar-refractivity contribution >= 4 is 50.7 Å². The molecule has 2 aromatic carbocycles. The van der Waals surface area contributed by atoms with Crippen molar-refractivity contribution in [2.24, 2.45) is 0 Å². The highest BCUT2D eigenvalue weighted by molar-refractivity contribution is 7.98. The number of nitrogens with zero attached hydrogens (tertiary/aromatic N) is 4. The molecule has 0 saturated carbocycles. The lowest BCUT2D eigenvalue weighted by atomic mass is 10.2. The molecule has 0 aliphatic rings. The number of benzene rings is 2. The summed E-state index contributed by atoms with van der Waals surface area (Å²) in [5.74, 6) is 1.27. The molecule has 8 heteroatoms. The van der Waals surface area contributed by atoms with Crippen LogP contribution in [-0.2, 0) is 12.3 Å². The van der Waals surface area contributed by atoms with E-state index in [0.29, 0.717) is 27.8 Å². The van der Waals surface area contributed by atoms with E-state index in [1.807, 2.05) is 70.4 Å². The minimum Gasteiger partial charge on any atom is -0.271 e. The summed E-state index contributed by atoms with van der Waals surface area (Å²) in [6, 6.07) is 19.7. The van der Waals surface area contributed by atoms with Crippen LogP contribution in [0.3, 0.4) is 0 Å². The van der Waals surface area contributed by atoms with E-state index in [-0.39, 0.29) is 5.56 Å². The van der Waals surface area contributed by atoms with Gasteiger partial charge in [0.1, 0.15) is 4.70 Å². The van der Waals surface area contributed by atoms with Crippen LogP contribution < -0.4 is 5.56 Å². The lowest BCUT2D eigenvalue weighted by molar-refractivity contribution is 0.765. The Labute approximate surface area is 179 Å². The molecule has 0 fully saturated rings. The number of hydrogen-bond acceptors (Lipinski definition) is 5. The Morgan fingerprint density at radius 3 is 2.66 bits per heavy atom. The zero-order valence-corrected chi connectivity index (χ0v) is 17.5. The predicted octanol–water partition coefficient (Wildman–Crippen LogP) is 5.10. The van der Waals surface area contributed by atoms with Crippen LogP contribution in [0.1, 0.15) is 11.1 Å². The lowest BCUT2D eigenvalue weighted by Gasteiger charge is -2.09. The maximum Gasteiger partial charge on any atom is 0.273 e. The van der Waals surface area contributed by atoms with Crippen LogP contribution in [0.2, 0.25) is 5.02 Å². The highest BCUT2D eigenvalue weighted by Crippen LogP contribution is 2.27. The minimum absolute atomic E-state index is 0.0369. The van der Waals surface area contributed by atoms with Crippen LogP contribution in [0.15, 0.2) is 76.0 Å². The number of halogens is 1. The van der Waals surface area contributed by atoms with E-state index in [9.17, 15) is 4.79 Å². The Morgan fingerprint density at radius 2 is 1.83 bits per heavy atom. The van der Waals surface area contributed by atoms with Gasteiger partial charge in [-0.25, -0.2) is 0 Å². The van der Waals surface area contributed by atoms with E-state index in [4.69, 9.17) is 11.6 Å². The van der Waals surface area contributed by atoms with Gasteiger partial charge in [0.15, 0.2) is 5.16 Å². The molecule has 5 rings (SSSR count). The second-order valence-electron chi connectivity index (χ2n) is 6.55. The third-order valence-electron chi connectivity index (χ3n) is 4.62. The van der Waals surface area contributed by atoms with Crippen molar-refractivity contribution in [3.63, 3.8) is 0 Å². The first-order valence-corrected chi connectivity index (χ1v) is 11.2. The number of aromatic nitrogens is 4. The molecule has 0 saturated heterocycles. The van der Waals surface area contributed by atoms with Gasteiger partial charge in [-0.2, -0.15) is 0 Å². The van der Waals surface area contributed by atoms with Crippen molar-refractivity contribution in [3.8, 4) is 0 Å². The quantitative estimate of drug-likeness (QED) is 0.358. The van der Waals surface area contributed by atoms with Gasteiger partial charge in [0, 0.05) is 10.8 Å². The predicted molar refractivity (Wildman–Crippen MR) is 119 cm³/mol. The summed E-state index contributed by atoms with van der Waals surface area (Å²) in [5.41, 5.74) is 2.96. The molecule has 0 amide bonds. The van der Waals surface area contributed by atoms with Gasteiger partial charge in [0.05, 0.1) is 12.1 Å². The Morgan fingerprint density at radius 1 is 1.00 bits per heavy atom. The third kappa shape index (κ3) is 3.46. The van der Waals surface area contributed by atoms with Gasteiger partial charge in [-0.05, 0) is 34.7 Å². The van der Waals surface area contributed by atoms with Crippen LogP contribution in [0.25, 0.3) is 16.0 Å². The van der Waals surface area contributed by atoms with Gasteiger partial charge >= 0.3 is 0 Å². The molecule has 0 spiro atoms. The van der Waals surface area contributed by atoms with Crippen molar-refractivity contribution in [2.75, 3.05) is 0 Å². The van der Waals surface area contributed by atoms with E-state index in [1.54, 1.807) is 16.3 Å². The molecule has 0 unspecified atom stereocenters. The van der Waals surface area contributed by atoms with E-state index >= 15 is 0 Å². The van der Waals surface area contributed by atoms with Crippen LogP contribution in [0, 0.1) is 0 Å². The van der Waals surface area contributed by atoms with Crippen LogP contribution in [-0.4, -0.2) is 19.2 Å². The monoisotopic (exact) mass is 438 g/mol. The minimum atomic E-state index is -0.0369. The number of thiophene rings is 1. The van der Waals surface area contributed by atoms with Gasteiger partial charge < -0.3 is 0 Å². The van der Waals surface area contributed by atoms with Crippen LogP contribution in [0.5, 0.6) is 0 Å². The van der Waals surface area contributed by atoms with Crippen molar-refractivity contribution < 1.29 is 0 Å². The summed E-state index contributed by atoms with van der Waals surface area (Å²) in [5, 5.41) is 12.2. The van der Waals surface area contributed by atoms with Gasteiger partial charge in [-0.3, -0.25) is 13.8 Å². The van der Waals surface area contributed by atoms with Gasteiger partial charge in [-0.1, -0.05) is 65.8 Å². The highest BCUT2D eigenvalue weighted by atomic mass is 35.5. The third-order valence-corrected chi connectivity index (χ3v) is 6.75. The van der Waals surface area contributed by atoms with Crippen molar-refractivity contribution in [3.05, 3.63) is 92.5 Å². The number of hydrogen-bond donors (Lipinski definition) is 0. The van der Waals surface area contributed by atoms with Gasteiger partial charge in [0.25, 0.3) is 5.56 Å². The zero-order chi connectivity index (χ0) is 19.8. The molecule has 0 aliphatic carbocycles. The van der Waals surface area contributed by atoms with E-state index in [2.05, 4.69) is 10.2 Å². The molecule has 5 aromatic rings. The summed E-state index contributed by atoms with van der Waals surface area (Å²) in [6.07, 6.45) is 0. The molecule has 3 aromatic heterocycles. The lowest BCUT2D eigenvalue weighted by Crippen LogP contribution is -2.23. The first-order chi connectivity index (χ1) is 14.2. The first kappa shape index (κ1) is 18.4. The molecule has 0 aliphatic heterocycles. The summed E-state index contributed by atoms with van der Waals surface area (Å²) >= 11 is 9.12. The second-order valence-corrected chi connectivity index (χ2v) is 8.84. The molecular weight excluding hydrogens is 424 g/mol. The number of thioether (sulfide) groups is 1. The largest absolute Gasteiger partial charge is 0.273 e. The topological polar surface area (TPSA) is 52.2 Å². The molecule has 5 nitrogen and oxygen atoms in total. The van der Waals surface area contributed by atoms with Crippen LogP contribution in [0.4, 0.5) is 0 Å². The molecular formula is C21H15ClN4OS2. The summed E-state index contributed by atoms with van der Waals surface area (Å²) < 4.78 is 4.38. The van der Waals surface area contributed by atoms with Crippen molar-refractivity contribution in [2.45, 2.75) is 17.5 Å². The first-order valence-electron chi connectivity index (χ1n) is 8.97. The average molecular weight is 439 g/mol. The molecule has 144 valence electrons. The molecule has 0 bridgehead atoms. The fourth-order valence-corrected chi connectivity index (χ4v) is 5.20. The highest BCUT2D eigenvalue weighted by Gasteiger charge is 2.18. The van der Waals surface area contributed by atoms with Gasteiger partial charge in [-0.15, -0.1) is 21.5 Å². The summed E-state index contributed by atoms with van der Waals surface area (Å²) in [4.78, 5) is 13.1. The van der Waals surface area contributed by atoms with E-state index in [0.717, 1.165) is 21.8 Å². The van der Waals surface area contributed by atoms with E-state index < -0.39 is 0 Å². The molecule has 0 N–H and O–H groups in total. The van der Waals surface area contributed by atoms with E-state index in [1.165, 1.54) is 11.3 Å². The van der Waals surface area contributed by atoms with Crippen molar-refractivity contribution in [1.29, 1.82) is 0 Å². The summed E-state index contributed by atoms with van der Waals surface area (Å²) in [6.45, 7) is 0.452. The standard InChI is InChI=1S/C21H15ClN4OS2/c22-16-8-4-7-15(11-16)13-29-21-24-23-20-25(12-14-5-2-1-3-6-14)19(27)18-17(26(20)21)9-10-28-18/h1-11H,12-13H2. The molecule has 3 heterocycles. The number of rotatable bonds is 5. The molecule has 0 atom stereocenters. The Kier molecular flexibility index (Phi) is 4.87. The zero-order valence-electron chi connectivity index (χ0n) is 15.2. The summed E-state index contributed by atoms with van der Waals surface area (Å²) in [7, 11) is 0. The fourth-order valence-electron chi connectivity index (χ4n) is 3.28. The second kappa shape index (κ2) is 7.67. The number of fused-ring (bicyclic) bond motifs is 3. The Hall–Kier alpha value is -2.61. The molecule has 0 radical (unpaired) electrons. The smallest absolute Gasteiger partial charge is 0.271 e. The Balaban J connectivity index is 1.61. The SMILES string of the molecule is O=c1c2sccc2n2c(SCc3cccc(Cl)c3)nnc2n1Cc1ccccc1. The van der Waals surface area contributed by atoms with Crippen molar-refractivity contribution in [1.82, 2.24) is 19.2 Å². The Bertz CT molecular complexity index is 1370. The molecule has 29 heavy (non-hydrogen) atoms.